The molecule has 3 N–H and O–H groups in total. The number of benzene rings is 2. The van der Waals surface area contributed by atoms with E-state index in [1.54, 1.807) is 0 Å². The SMILES string of the molecule is I.NC(=NCC(=O)N1CCN(c2ccccc2)CC1)NCCc1ccccc1. The maximum Gasteiger partial charge on any atom is 0.244 e. The number of halogens is 1. The number of anilines is 1. The summed E-state index contributed by atoms with van der Waals surface area (Å²) in [5.41, 5.74) is 8.32. The summed E-state index contributed by atoms with van der Waals surface area (Å²) in [6.07, 6.45) is 0.868. The van der Waals surface area contributed by atoms with Crippen molar-refractivity contribution in [1.82, 2.24) is 10.2 Å². The van der Waals surface area contributed by atoms with Gasteiger partial charge >= 0.3 is 0 Å². The van der Waals surface area contributed by atoms with Gasteiger partial charge in [0.25, 0.3) is 0 Å². The van der Waals surface area contributed by atoms with Gasteiger partial charge in [-0.05, 0) is 24.1 Å². The third-order valence-corrected chi connectivity index (χ3v) is 4.70. The van der Waals surface area contributed by atoms with Gasteiger partial charge in [0, 0.05) is 38.4 Å². The van der Waals surface area contributed by atoms with Crippen molar-refractivity contribution in [2.45, 2.75) is 6.42 Å². The summed E-state index contributed by atoms with van der Waals surface area (Å²) in [6, 6.07) is 20.5. The minimum absolute atomic E-state index is 0. The van der Waals surface area contributed by atoms with Gasteiger partial charge in [0.1, 0.15) is 6.54 Å². The van der Waals surface area contributed by atoms with E-state index in [0.29, 0.717) is 25.6 Å². The number of hydrogen-bond donors (Lipinski definition) is 2. The van der Waals surface area contributed by atoms with Gasteiger partial charge in [0.05, 0.1) is 0 Å². The number of carbonyl (C=O) groups excluding carboxylic acids is 1. The largest absolute Gasteiger partial charge is 0.370 e. The van der Waals surface area contributed by atoms with Gasteiger partial charge in [-0.15, -0.1) is 24.0 Å². The first-order valence-electron chi connectivity index (χ1n) is 9.38. The summed E-state index contributed by atoms with van der Waals surface area (Å²) in [7, 11) is 0. The second-order valence-electron chi connectivity index (χ2n) is 6.57. The number of nitrogens with one attached hydrogen (secondary N) is 1. The zero-order chi connectivity index (χ0) is 18.9. The van der Waals surface area contributed by atoms with Crippen molar-refractivity contribution in [3.63, 3.8) is 0 Å². The smallest absolute Gasteiger partial charge is 0.244 e. The van der Waals surface area contributed by atoms with E-state index in [1.807, 2.05) is 41.3 Å². The molecule has 0 radical (unpaired) electrons. The lowest BCUT2D eigenvalue weighted by atomic mass is 10.1. The van der Waals surface area contributed by atoms with Gasteiger partial charge < -0.3 is 20.9 Å². The Balaban J connectivity index is 0.00000280. The highest BCUT2D eigenvalue weighted by molar-refractivity contribution is 14.0. The van der Waals surface area contributed by atoms with E-state index in [9.17, 15) is 4.79 Å². The molecule has 28 heavy (non-hydrogen) atoms. The van der Waals surface area contributed by atoms with Crippen molar-refractivity contribution in [1.29, 1.82) is 0 Å². The van der Waals surface area contributed by atoms with E-state index < -0.39 is 0 Å². The van der Waals surface area contributed by atoms with Crippen LogP contribution >= 0.6 is 24.0 Å². The Hall–Kier alpha value is -2.29. The topological polar surface area (TPSA) is 74.0 Å². The average molecular weight is 493 g/mol. The minimum atomic E-state index is 0. The molecule has 0 atom stereocenters. The van der Waals surface area contributed by atoms with E-state index in [4.69, 9.17) is 5.73 Å². The fourth-order valence-corrected chi connectivity index (χ4v) is 3.14. The molecule has 1 fully saturated rings. The van der Waals surface area contributed by atoms with Crippen molar-refractivity contribution >= 4 is 41.5 Å². The molecule has 0 aromatic heterocycles. The first kappa shape index (κ1) is 22.0. The van der Waals surface area contributed by atoms with Crippen LogP contribution in [-0.4, -0.2) is 56.0 Å². The molecule has 2 aromatic rings. The molecule has 0 unspecified atom stereocenters. The predicted octanol–water partition coefficient (Wildman–Crippen LogP) is 2.10. The van der Waals surface area contributed by atoms with Crippen molar-refractivity contribution in [2.75, 3.05) is 44.2 Å². The summed E-state index contributed by atoms with van der Waals surface area (Å²) in [4.78, 5) is 20.7. The zero-order valence-corrected chi connectivity index (χ0v) is 18.3. The minimum Gasteiger partial charge on any atom is -0.370 e. The molecular formula is C21H28IN5O. The predicted molar refractivity (Wildman–Crippen MR) is 125 cm³/mol. The van der Waals surface area contributed by atoms with Gasteiger partial charge in [-0.1, -0.05) is 48.5 Å². The second-order valence-corrected chi connectivity index (χ2v) is 6.57. The molecule has 1 amide bonds. The molecule has 0 saturated carbocycles. The molecule has 150 valence electrons. The summed E-state index contributed by atoms with van der Waals surface area (Å²) in [5.74, 6) is 0.345. The third-order valence-electron chi connectivity index (χ3n) is 4.70. The number of guanidine groups is 1. The zero-order valence-electron chi connectivity index (χ0n) is 16.0. The molecule has 3 rings (SSSR count). The first-order chi connectivity index (χ1) is 13.2. The highest BCUT2D eigenvalue weighted by Gasteiger charge is 2.20. The average Bonchev–Trinajstić information content (AvgIpc) is 2.73. The number of hydrogen-bond acceptors (Lipinski definition) is 3. The number of nitrogens with zero attached hydrogens (tertiary/aromatic N) is 3. The summed E-state index contributed by atoms with van der Waals surface area (Å²) in [6.45, 7) is 3.89. The maximum absolute atomic E-state index is 12.4. The summed E-state index contributed by atoms with van der Waals surface area (Å²) < 4.78 is 0. The highest BCUT2D eigenvalue weighted by atomic mass is 127. The van der Waals surface area contributed by atoms with Crippen LogP contribution in [0.15, 0.2) is 65.7 Å². The quantitative estimate of drug-likeness (QED) is 0.368. The molecule has 1 aliphatic heterocycles. The van der Waals surface area contributed by atoms with E-state index >= 15 is 0 Å². The lowest BCUT2D eigenvalue weighted by Crippen LogP contribution is -2.49. The Labute approximate surface area is 183 Å². The summed E-state index contributed by atoms with van der Waals surface area (Å²) in [5, 5.41) is 3.07. The van der Waals surface area contributed by atoms with Crippen molar-refractivity contribution in [2.24, 2.45) is 10.7 Å². The molecule has 1 aliphatic rings. The van der Waals surface area contributed by atoms with Crippen LogP contribution in [0.25, 0.3) is 0 Å². The Kier molecular flexibility index (Phi) is 9.06. The van der Waals surface area contributed by atoms with Crippen LogP contribution in [0.5, 0.6) is 0 Å². The second kappa shape index (κ2) is 11.5. The van der Waals surface area contributed by atoms with Crippen molar-refractivity contribution in [3.8, 4) is 0 Å². The first-order valence-corrected chi connectivity index (χ1v) is 9.38. The molecular weight excluding hydrogens is 465 g/mol. The molecule has 6 nitrogen and oxygen atoms in total. The fourth-order valence-electron chi connectivity index (χ4n) is 3.14. The lowest BCUT2D eigenvalue weighted by Gasteiger charge is -2.35. The Morgan fingerprint density at radius 2 is 1.57 bits per heavy atom. The number of rotatable bonds is 6. The van der Waals surface area contributed by atoms with Gasteiger partial charge in [-0.25, -0.2) is 4.99 Å². The van der Waals surface area contributed by atoms with Crippen LogP contribution in [0.2, 0.25) is 0 Å². The third kappa shape index (κ3) is 6.70. The monoisotopic (exact) mass is 493 g/mol. The van der Waals surface area contributed by atoms with Crippen LogP contribution in [0.3, 0.4) is 0 Å². The van der Waals surface area contributed by atoms with Gasteiger partial charge in [0.15, 0.2) is 5.96 Å². The number of piperazine rings is 1. The molecule has 0 spiro atoms. The number of carbonyl (C=O) groups is 1. The number of aliphatic imine (C=N–C) groups is 1. The standard InChI is InChI=1S/C21H27N5O.HI/c22-21(23-12-11-18-7-3-1-4-8-18)24-17-20(27)26-15-13-25(14-16-26)19-9-5-2-6-10-19;/h1-10H,11-17H2,(H3,22,23,24);1H. The maximum atomic E-state index is 12.4. The van der Waals surface area contributed by atoms with Crippen LogP contribution in [-0.2, 0) is 11.2 Å². The highest BCUT2D eigenvalue weighted by Crippen LogP contribution is 2.15. The van der Waals surface area contributed by atoms with Crippen LogP contribution in [0.4, 0.5) is 5.69 Å². The molecule has 1 saturated heterocycles. The van der Waals surface area contributed by atoms with E-state index in [1.165, 1.54) is 11.3 Å². The summed E-state index contributed by atoms with van der Waals surface area (Å²) >= 11 is 0. The molecule has 0 bridgehead atoms. The Morgan fingerprint density at radius 3 is 2.21 bits per heavy atom. The molecule has 2 aromatic carbocycles. The van der Waals surface area contributed by atoms with Gasteiger partial charge in [0.2, 0.25) is 5.91 Å². The molecule has 7 heteroatoms. The molecule has 0 aliphatic carbocycles. The molecule has 1 heterocycles. The number of para-hydroxylation sites is 1. The van der Waals surface area contributed by atoms with Crippen molar-refractivity contribution < 1.29 is 4.79 Å². The number of nitrogens with two attached hydrogens (primary N) is 1. The Bertz CT molecular complexity index is 746. The van der Waals surface area contributed by atoms with Crippen molar-refractivity contribution in [3.05, 3.63) is 66.2 Å². The van der Waals surface area contributed by atoms with E-state index in [-0.39, 0.29) is 36.4 Å². The van der Waals surface area contributed by atoms with Gasteiger partial charge in [-0.2, -0.15) is 0 Å². The van der Waals surface area contributed by atoms with Gasteiger partial charge in [-0.3, -0.25) is 4.79 Å². The normalized spacial score (nSPS) is 14.4. The Morgan fingerprint density at radius 1 is 0.964 bits per heavy atom. The van der Waals surface area contributed by atoms with E-state index in [2.05, 4.69) is 39.5 Å². The lowest BCUT2D eigenvalue weighted by molar-refractivity contribution is -0.129. The van der Waals surface area contributed by atoms with Crippen LogP contribution in [0.1, 0.15) is 5.56 Å². The van der Waals surface area contributed by atoms with E-state index in [0.717, 1.165) is 19.5 Å². The number of amides is 1. The van der Waals surface area contributed by atoms with Crippen LogP contribution < -0.4 is 16.0 Å². The van der Waals surface area contributed by atoms with Crippen LogP contribution in [0, 0.1) is 0 Å². The fraction of sp³-hybridized carbons (Fsp3) is 0.333.